The Bertz CT molecular complexity index is 770. The minimum atomic E-state index is -3.52. The van der Waals surface area contributed by atoms with Gasteiger partial charge in [0.25, 0.3) is 0 Å². The topological polar surface area (TPSA) is 74.8 Å². The Hall–Kier alpha value is -0.670. The van der Waals surface area contributed by atoms with Gasteiger partial charge in [-0.2, -0.15) is 4.31 Å². The van der Waals surface area contributed by atoms with Gasteiger partial charge in [-0.25, -0.2) is 16.8 Å². The van der Waals surface area contributed by atoms with Crippen LogP contribution in [0.25, 0.3) is 0 Å². The second kappa shape index (κ2) is 6.33. The maximum Gasteiger partial charge on any atom is 0.243 e. The Morgan fingerprint density at radius 1 is 1.04 bits per heavy atom. The number of piperazine rings is 1. The Balaban J connectivity index is 1.65. The first-order valence-corrected chi connectivity index (χ1v) is 11.1. The van der Waals surface area contributed by atoms with Crippen molar-refractivity contribution in [3.63, 3.8) is 0 Å². The number of halogens is 1. The van der Waals surface area contributed by atoms with Crippen molar-refractivity contribution >= 4 is 31.5 Å². The zero-order valence-electron chi connectivity index (χ0n) is 12.6. The molecule has 3 rings (SSSR count). The number of sulfone groups is 1. The van der Waals surface area contributed by atoms with Gasteiger partial charge < -0.3 is 0 Å². The minimum absolute atomic E-state index is 0.0281. The van der Waals surface area contributed by atoms with E-state index in [2.05, 4.69) is 4.90 Å². The van der Waals surface area contributed by atoms with E-state index in [4.69, 9.17) is 11.6 Å². The highest BCUT2D eigenvalue weighted by molar-refractivity contribution is 7.91. The van der Waals surface area contributed by atoms with Gasteiger partial charge in [0, 0.05) is 37.2 Å². The number of hydrogen-bond acceptors (Lipinski definition) is 5. The van der Waals surface area contributed by atoms with Crippen LogP contribution in [0.1, 0.15) is 6.42 Å². The van der Waals surface area contributed by atoms with Crippen molar-refractivity contribution in [2.75, 3.05) is 37.7 Å². The van der Waals surface area contributed by atoms with Gasteiger partial charge in [-0.1, -0.05) is 11.6 Å². The molecule has 23 heavy (non-hydrogen) atoms. The number of rotatable bonds is 3. The first-order valence-electron chi connectivity index (χ1n) is 7.48. The van der Waals surface area contributed by atoms with E-state index in [1.165, 1.54) is 16.4 Å². The summed E-state index contributed by atoms with van der Waals surface area (Å²) >= 11 is 5.80. The van der Waals surface area contributed by atoms with E-state index in [1.54, 1.807) is 12.1 Å². The predicted molar refractivity (Wildman–Crippen MR) is 88.8 cm³/mol. The summed E-state index contributed by atoms with van der Waals surface area (Å²) in [4.78, 5) is 2.33. The smallest absolute Gasteiger partial charge is 0.243 e. The molecule has 1 aromatic rings. The molecular weight excluding hydrogens is 360 g/mol. The molecule has 0 amide bonds. The van der Waals surface area contributed by atoms with Crippen LogP contribution in [0.2, 0.25) is 5.02 Å². The summed E-state index contributed by atoms with van der Waals surface area (Å²) in [5.74, 6) is 0.428. The maximum absolute atomic E-state index is 12.6. The van der Waals surface area contributed by atoms with Crippen molar-refractivity contribution < 1.29 is 16.8 Å². The van der Waals surface area contributed by atoms with Crippen molar-refractivity contribution in [3.05, 3.63) is 29.3 Å². The summed E-state index contributed by atoms with van der Waals surface area (Å²) in [6.07, 6.45) is 0.645. The van der Waals surface area contributed by atoms with Gasteiger partial charge in [-0.15, -0.1) is 0 Å². The summed E-state index contributed by atoms with van der Waals surface area (Å²) in [5.41, 5.74) is 0. The largest absolute Gasteiger partial charge is 0.297 e. The molecule has 2 aliphatic heterocycles. The third kappa shape index (κ3) is 3.71. The van der Waals surface area contributed by atoms with Crippen LogP contribution in [0.3, 0.4) is 0 Å². The van der Waals surface area contributed by atoms with Gasteiger partial charge in [-0.05, 0) is 30.7 Å². The summed E-state index contributed by atoms with van der Waals surface area (Å²) < 4.78 is 49.8. The van der Waals surface area contributed by atoms with Crippen LogP contribution in [0.15, 0.2) is 29.2 Å². The van der Waals surface area contributed by atoms with E-state index in [1.807, 2.05) is 0 Å². The maximum atomic E-state index is 12.6. The summed E-state index contributed by atoms with van der Waals surface area (Å²) in [7, 11) is -6.44. The van der Waals surface area contributed by atoms with Crippen molar-refractivity contribution in [1.29, 1.82) is 0 Å². The van der Waals surface area contributed by atoms with Gasteiger partial charge >= 0.3 is 0 Å². The Labute approximate surface area is 142 Å². The molecule has 2 fully saturated rings. The molecule has 0 spiro atoms. The highest BCUT2D eigenvalue weighted by atomic mass is 35.5. The van der Waals surface area contributed by atoms with Gasteiger partial charge in [0.2, 0.25) is 10.0 Å². The fourth-order valence-corrected chi connectivity index (χ4v) is 6.44. The van der Waals surface area contributed by atoms with Crippen molar-refractivity contribution in [2.45, 2.75) is 17.4 Å². The molecule has 1 atom stereocenters. The molecule has 0 aliphatic carbocycles. The lowest BCUT2D eigenvalue weighted by molar-refractivity contribution is 0.148. The monoisotopic (exact) mass is 378 g/mol. The summed E-state index contributed by atoms with van der Waals surface area (Å²) in [5, 5.41) is 0.496. The Kier molecular flexibility index (Phi) is 4.72. The highest BCUT2D eigenvalue weighted by Gasteiger charge is 2.36. The molecule has 2 heterocycles. The average molecular weight is 379 g/mol. The van der Waals surface area contributed by atoms with Crippen LogP contribution in [0.4, 0.5) is 0 Å². The number of nitrogens with zero attached hydrogens (tertiary/aromatic N) is 2. The average Bonchev–Trinajstić information content (AvgIpc) is 2.88. The molecule has 0 radical (unpaired) electrons. The third-order valence-corrected chi connectivity index (χ3v) is 8.36. The van der Waals surface area contributed by atoms with Crippen LogP contribution >= 0.6 is 11.6 Å². The second-order valence-corrected chi connectivity index (χ2v) is 10.6. The molecule has 0 saturated carbocycles. The molecule has 2 aliphatic rings. The van der Waals surface area contributed by atoms with Crippen LogP contribution in [-0.4, -0.2) is 69.8 Å². The van der Waals surface area contributed by atoms with E-state index in [9.17, 15) is 16.8 Å². The number of hydrogen-bond donors (Lipinski definition) is 0. The van der Waals surface area contributed by atoms with E-state index < -0.39 is 19.9 Å². The van der Waals surface area contributed by atoms with Crippen LogP contribution in [-0.2, 0) is 19.9 Å². The third-order valence-electron chi connectivity index (χ3n) is 4.45. The normalized spacial score (nSPS) is 26.4. The lowest BCUT2D eigenvalue weighted by Crippen LogP contribution is -2.52. The van der Waals surface area contributed by atoms with E-state index in [-0.39, 0.29) is 22.4 Å². The molecule has 0 N–H and O–H groups in total. The molecule has 2 saturated heterocycles. The number of sulfonamides is 1. The van der Waals surface area contributed by atoms with Crippen molar-refractivity contribution in [1.82, 2.24) is 9.21 Å². The van der Waals surface area contributed by atoms with Crippen LogP contribution in [0.5, 0.6) is 0 Å². The van der Waals surface area contributed by atoms with Crippen molar-refractivity contribution in [3.8, 4) is 0 Å². The standard InChI is InChI=1S/C14H19ClN2O4S2/c15-12-1-3-14(4-2-12)23(20,21)17-8-6-16(7-9-17)13-5-10-22(18,19)11-13/h1-4,13H,5-11H2/t13-/m1/s1. The molecule has 9 heteroatoms. The van der Waals surface area contributed by atoms with E-state index in [0.29, 0.717) is 37.6 Å². The minimum Gasteiger partial charge on any atom is -0.297 e. The summed E-state index contributed by atoms with van der Waals surface area (Å²) in [6, 6.07) is 6.17. The predicted octanol–water partition coefficient (Wildman–Crippen LogP) is 0.833. The van der Waals surface area contributed by atoms with Crippen LogP contribution < -0.4 is 0 Å². The van der Waals surface area contributed by atoms with E-state index >= 15 is 0 Å². The van der Waals surface area contributed by atoms with Crippen LogP contribution in [0, 0.1) is 0 Å². The zero-order valence-corrected chi connectivity index (χ0v) is 14.9. The Morgan fingerprint density at radius 3 is 2.17 bits per heavy atom. The summed E-state index contributed by atoms with van der Waals surface area (Å²) in [6.45, 7) is 1.88. The van der Waals surface area contributed by atoms with E-state index in [0.717, 1.165) is 0 Å². The zero-order chi connectivity index (χ0) is 16.7. The molecular formula is C14H19ClN2O4S2. The molecule has 6 nitrogen and oxygen atoms in total. The fourth-order valence-electron chi connectivity index (χ4n) is 3.13. The lowest BCUT2D eigenvalue weighted by Gasteiger charge is -2.36. The molecule has 128 valence electrons. The Morgan fingerprint density at radius 2 is 1.65 bits per heavy atom. The van der Waals surface area contributed by atoms with Gasteiger partial charge in [-0.3, -0.25) is 4.90 Å². The van der Waals surface area contributed by atoms with Gasteiger partial charge in [0.1, 0.15) is 0 Å². The van der Waals surface area contributed by atoms with Gasteiger partial charge in [0.05, 0.1) is 16.4 Å². The molecule has 0 bridgehead atoms. The lowest BCUT2D eigenvalue weighted by atomic mass is 10.2. The number of benzene rings is 1. The highest BCUT2D eigenvalue weighted by Crippen LogP contribution is 2.23. The first-order chi connectivity index (χ1) is 10.8. The molecule has 0 aromatic heterocycles. The molecule has 1 aromatic carbocycles. The SMILES string of the molecule is O=S1(=O)CC[C@@H](N2CCN(S(=O)(=O)c3ccc(Cl)cc3)CC2)C1. The quantitative estimate of drug-likeness (QED) is 0.778. The first kappa shape index (κ1) is 17.2. The molecule has 0 unspecified atom stereocenters. The van der Waals surface area contributed by atoms with Gasteiger partial charge in [0.15, 0.2) is 9.84 Å². The van der Waals surface area contributed by atoms with Crippen molar-refractivity contribution in [2.24, 2.45) is 0 Å². The fraction of sp³-hybridized carbons (Fsp3) is 0.571. The second-order valence-electron chi connectivity index (χ2n) is 5.95.